The molecule has 4 nitrogen and oxygen atoms in total. The lowest BCUT2D eigenvalue weighted by atomic mass is 10.4. The van der Waals surface area contributed by atoms with Crippen LogP contribution in [0.15, 0.2) is 23.3 Å². The molecule has 0 amide bonds. The Morgan fingerprint density at radius 2 is 2.55 bits per heavy atom. The van der Waals surface area contributed by atoms with E-state index in [9.17, 15) is 4.79 Å². The van der Waals surface area contributed by atoms with Crippen molar-refractivity contribution in [3.05, 3.63) is 34.5 Å². The van der Waals surface area contributed by atoms with E-state index in [-0.39, 0.29) is 12.2 Å². The van der Waals surface area contributed by atoms with Gasteiger partial charge in [-0.25, -0.2) is 4.98 Å². The minimum atomic E-state index is -0.230. The van der Waals surface area contributed by atoms with Crippen LogP contribution in [0.5, 0.6) is 0 Å². The molecule has 0 radical (unpaired) electrons. The van der Waals surface area contributed by atoms with Gasteiger partial charge in [0, 0.05) is 6.20 Å². The molecule has 0 fully saturated rings. The molecule has 0 atom stereocenters. The highest BCUT2D eigenvalue weighted by Crippen LogP contribution is 1.89. The van der Waals surface area contributed by atoms with Gasteiger partial charge in [-0.05, 0) is 6.08 Å². The molecule has 0 aliphatic rings. The minimum Gasteiger partial charge on any atom is -0.392 e. The largest absolute Gasteiger partial charge is 0.392 e. The van der Waals surface area contributed by atoms with E-state index >= 15 is 0 Å². The molecule has 1 aromatic heterocycles. The van der Waals surface area contributed by atoms with Crippen molar-refractivity contribution in [2.45, 2.75) is 0 Å². The monoisotopic (exact) mass is 152 g/mol. The lowest BCUT2D eigenvalue weighted by Gasteiger charge is -1.87. The maximum atomic E-state index is 10.5. The van der Waals surface area contributed by atoms with Crippen molar-refractivity contribution in [3.8, 4) is 0 Å². The molecule has 0 saturated heterocycles. The van der Waals surface area contributed by atoms with Gasteiger partial charge in [-0.15, -0.1) is 0 Å². The van der Waals surface area contributed by atoms with Crippen LogP contribution in [0.3, 0.4) is 0 Å². The van der Waals surface area contributed by atoms with Crippen molar-refractivity contribution in [1.82, 2.24) is 9.97 Å². The number of hydrogen-bond acceptors (Lipinski definition) is 3. The summed E-state index contributed by atoms with van der Waals surface area (Å²) in [6.45, 7) is -0.0270. The average molecular weight is 152 g/mol. The zero-order valence-corrected chi connectivity index (χ0v) is 5.82. The highest BCUT2D eigenvalue weighted by atomic mass is 16.2. The summed E-state index contributed by atoms with van der Waals surface area (Å²) in [5.74, 6) is 0. The zero-order chi connectivity index (χ0) is 8.10. The Morgan fingerprint density at radius 3 is 3.09 bits per heavy atom. The first-order valence-corrected chi connectivity index (χ1v) is 3.15. The summed E-state index contributed by atoms with van der Waals surface area (Å²) >= 11 is 0. The molecule has 0 saturated carbocycles. The fourth-order valence-corrected chi connectivity index (χ4v) is 0.617. The topological polar surface area (TPSA) is 66.0 Å². The lowest BCUT2D eigenvalue weighted by molar-refractivity contribution is 0.343. The number of nitrogens with zero attached hydrogens (tertiary/aromatic N) is 1. The van der Waals surface area contributed by atoms with E-state index in [1.165, 1.54) is 12.4 Å². The summed E-state index contributed by atoms with van der Waals surface area (Å²) in [4.78, 5) is 16.7. The summed E-state index contributed by atoms with van der Waals surface area (Å²) in [5.41, 5.74) is 0.393. The Labute approximate surface area is 63.2 Å². The third kappa shape index (κ3) is 2.35. The Hall–Kier alpha value is -1.42. The minimum absolute atomic E-state index is 0.0270. The van der Waals surface area contributed by atoms with E-state index in [2.05, 4.69) is 9.97 Å². The first-order chi connectivity index (χ1) is 5.33. The molecular weight excluding hydrogens is 144 g/mol. The van der Waals surface area contributed by atoms with Crippen molar-refractivity contribution in [1.29, 1.82) is 0 Å². The van der Waals surface area contributed by atoms with Gasteiger partial charge in [-0.1, -0.05) is 6.08 Å². The molecule has 0 aromatic carbocycles. The van der Waals surface area contributed by atoms with Gasteiger partial charge >= 0.3 is 0 Å². The van der Waals surface area contributed by atoms with E-state index in [0.717, 1.165) is 0 Å². The van der Waals surface area contributed by atoms with E-state index in [1.54, 1.807) is 12.2 Å². The summed E-state index contributed by atoms with van der Waals surface area (Å²) in [6.07, 6.45) is 5.84. The quantitative estimate of drug-likeness (QED) is 0.615. The summed E-state index contributed by atoms with van der Waals surface area (Å²) in [6, 6.07) is 0. The fourth-order valence-electron chi connectivity index (χ4n) is 0.617. The molecule has 0 aliphatic heterocycles. The van der Waals surface area contributed by atoms with Gasteiger partial charge in [-0.2, -0.15) is 0 Å². The van der Waals surface area contributed by atoms with Gasteiger partial charge in [0.15, 0.2) is 0 Å². The van der Waals surface area contributed by atoms with Crippen LogP contribution in [0.4, 0.5) is 0 Å². The lowest BCUT2D eigenvalue weighted by Crippen LogP contribution is -2.04. The molecule has 1 aromatic rings. The summed E-state index contributed by atoms with van der Waals surface area (Å²) in [5, 5.41) is 8.40. The van der Waals surface area contributed by atoms with Crippen LogP contribution in [0, 0.1) is 0 Å². The molecule has 0 spiro atoms. The second kappa shape index (κ2) is 3.68. The van der Waals surface area contributed by atoms with Crippen LogP contribution in [-0.2, 0) is 0 Å². The van der Waals surface area contributed by atoms with Crippen LogP contribution in [-0.4, -0.2) is 21.7 Å². The maximum absolute atomic E-state index is 10.5. The number of hydrogen-bond donors (Lipinski definition) is 2. The molecule has 0 unspecified atom stereocenters. The number of aliphatic hydroxyl groups excluding tert-OH is 1. The van der Waals surface area contributed by atoms with Crippen LogP contribution in [0.2, 0.25) is 0 Å². The number of aromatic nitrogens is 2. The molecular formula is C7H8N2O2. The van der Waals surface area contributed by atoms with Gasteiger partial charge in [0.05, 0.1) is 18.5 Å². The standard InChI is InChI=1S/C7H8N2O2/c10-3-1-2-6-4-9-7(11)5-8-6/h1-2,4-5,10H,3H2,(H,9,11). The summed E-state index contributed by atoms with van der Waals surface area (Å²) < 4.78 is 0. The molecule has 0 aliphatic carbocycles. The Morgan fingerprint density at radius 1 is 1.73 bits per heavy atom. The highest BCUT2D eigenvalue weighted by molar-refractivity contribution is 5.42. The third-order valence-corrected chi connectivity index (χ3v) is 1.09. The van der Waals surface area contributed by atoms with Gasteiger partial charge in [0.25, 0.3) is 5.56 Å². The van der Waals surface area contributed by atoms with Crippen LogP contribution >= 0.6 is 0 Å². The van der Waals surface area contributed by atoms with E-state index in [1.807, 2.05) is 0 Å². The van der Waals surface area contributed by atoms with Gasteiger partial charge in [0.2, 0.25) is 0 Å². The molecule has 2 N–H and O–H groups in total. The Kier molecular flexibility index (Phi) is 2.57. The summed E-state index contributed by atoms with van der Waals surface area (Å²) in [7, 11) is 0. The van der Waals surface area contributed by atoms with Crippen LogP contribution < -0.4 is 5.56 Å². The smallest absolute Gasteiger partial charge is 0.266 e. The molecule has 11 heavy (non-hydrogen) atoms. The SMILES string of the molecule is O=c1cnc(C=CCO)c[nH]1. The van der Waals surface area contributed by atoms with Gasteiger partial charge in [0.1, 0.15) is 0 Å². The average Bonchev–Trinajstić information content (AvgIpc) is 2.04. The Bertz CT molecular complexity index is 283. The normalized spacial score (nSPS) is 10.6. The van der Waals surface area contributed by atoms with Crippen LogP contribution in [0.1, 0.15) is 5.69 Å². The van der Waals surface area contributed by atoms with E-state index < -0.39 is 0 Å². The number of H-pyrrole nitrogens is 1. The first-order valence-electron chi connectivity index (χ1n) is 3.15. The van der Waals surface area contributed by atoms with Crippen molar-refractivity contribution < 1.29 is 5.11 Å². The Balaban J connectivity index is 2.82. The maximum Gasteiger partial charge on any atom is 0.266 e. The van der Waals surface area contributed by atoms with Crippen molar-refractivity contribution in [2.24, 2.45) is 0 Å². The predicted molar refractivity (Wildman–Crippen MR) is 41.0 cm³/mol. The number of aliphatic hydroxyl groups is 1. The molecule has 4 heteroatoms. The fraction of sp³-hybridized carbons (Fsp3) is 0.143. The third-order valence-electron chi connectivity index (χ3n) is 1.09. The number of nitrogens with one attached hydrogen (secondary N) is 1. The van der Waals surface area contributed by atoms with Crippen LogP contribution in [0.25, 0.3) is 6.08 Å². The van der Waals surface area contributed by atoms with Gasteiger partial charge in [-0.3, -0.25) is 4.79 Å². The predicted octanol–water partition coefficient (Wildman–Crippen LogP) is -0.225. The van der Waals surface area contributed by atoms with Gasteiger partial charge < -0.3 is 10.1 Å². The van der Waals surface area contributed by atoms with E-state index in [0.29, 0.717) is 5.69 Å². The van der Waals surface area contributed by atoms with Crippen molar-refractivity contribution in [2.75, 3.05) is 6.61 Å². The van der Waals surface area contributed by atoms with Crippen molar-refractivity contribution >= 4 is 6.08 Å². The van der Waals surface area contributed by atoms with Crippen molar-refractivity contribution in [3.63, 3.8) is 0 Å². The molecule has 1 rings (SSSR count). The van der Waals surface area contributed by atoms with E-state index in [4.69, 9.17) is 5.11 Å². The zero-order valence-electron chi connectivity index (χ0n) is 5.82. The highest BCUT2D eigenvalue weighted by Gasteiger charge is 1.85. The number of rotatable bonds is 2. The second-order valence-electron chi connectivity index (χ2n) is 1.92. The molecule has 58 valence electrons. The molecule has 1 heterocycles. The number of aromatic amines is 1. The molecule has 0 bridgehead atoms. The first kappa shape index (κ1) is 7.68. The second-order valence-corrected chi connectivity index (χ2v) is 1.92.